The van der Waals surface area contributed by atoms with E-state index in [-0.39, 0.29) is 11.7 Å². The van der Waals surface area contributed by atoms with Gasteiger partial charge in [-0.15, -0.1) is 0 Å². The molecule has 0 bridgehead atoms. The number of aryl methyl sites for hydroxylation is 1. The molecular weight excluding hydrogens is 376 g/mol. The van der Waals surface area contributed by atoms with E-state index in [0.717, 1.165) is 22.5 Å². The fourth-order valence-corrected chi connectivity index (χ4v) is 3.20. The third-order valence-electron chi connectivity index (χ3n) is 4.66. The number of phenols is 1. The summed E-state index contributed by atoms with van der Waals surface area (Å²) in [6, 6.07) is 10.9. The molecule has 0 spiro atoms. The number of anilines is 1. The van der Waals surface area contributed by atoms with Gasteiger partial charge in [0.15, 0.2) is 10.6 Å². The van der Waals surface area contributed by atoms with Gasteiger partial charge in [0.25, 0.3) is 0 Å². The lowest BCUT2D eigenvalue weighted by molar-refractivity contribution is -0.116. The highest BCUT2D eigenvalue weighted by Gasteiger charge is 2.18. The SMILES string of the molecule is CCc1cc(-c2n[nH]c(=S)n2-c2ccc(N(C)C(C)=O)cc2)c(OC)cc1O. The summed E-state index contributed by atoms with van der Waals surface area (Å²) in [5.74, 6) is 1.21. The zero-order valence-electron chi connectivity index (χ0n) is 16.2. The number of aromatic hydroxyl groups is 1. The molecule has 0 fully saturated rings. The van der Waals surface area contributed by atoms with Crippen LogP contribution in [0, 0.1) is 4.77 Å². The van der Waals surface area contributed by atoms with Crippen LogP contribution < -0.4 is 9.64 Å². The average Bonchev–Trinajstić information content (AvgIpc) is 3.08. The van der Waals surface area contributed by atoms with Crippen molar-refractivity contribution >= 4 is 23.8 Å². The number of hydrogen-bond donors (Lipinski definition) is 2. The van der Waals surface area contributed by atoms with Crippen LogP contribution in [0.3, 0.4) is 0 Å². The van der Waals surface area contributed by atoms with E-state index in [0.29, 0.717) is 22.8 Å². The standard InChI is InChI=1S/C20H22N4O3S/c1-5-13-10-16(18(27-4)11-17(13)26)19-21-22-20(28)24(19)15-8-6-14(7-9-15)23(3)12(2)25/h6-11,26H,5H2,1-4H3,(H,22,28). The molecule has 0 unspecified atom stereocenters. The van der Waals surface area contributed by atoms with Gasteiger partial charge in [0.2, 0.25) is 5.91 Å². The van der Waals surface area contributed by atoms with E-state index in [1.54, 1.807) is 29.7 Å². The molecule has 1 amide bonds. The Morgan fingerprint density at radius 3 is 2.57 bits per heavy atom. The Hall–Kier alpha value is -3.13. The van der Waals surface area contributed by atoms with Crippen LogP contribution in [-0.2, 0) is 11.2 Å². The van der Waals surface area contributed by atoms with Gasteiger partial charge < -0.3 is 14.7 Å². The highest BCUT2D eigenvalue weighted by molar-refractivity contribution is 7.71. The molecule has 0 aliphatic carbocycles. The summed E-state index contributed by atoms with van der Waals surface area (Å²) in [5, 5.41) is 17.4. The van der Waals surface area contributed by atoms with Crippen LogP contribution in [-0.4, -0.2) is 39.9 Å². The third-order valence-corrected chi connectivity index (χ3v) is 4.94. The van der Waals surface area contributed by atoms with Crippen LogP contribution >= 0.6 is 12.2 Å². The molecular formula is C20H22N4O3S. The van der Waals surface area contributed by atoms with Crippen LogP contribution in [0.1, 0.15) is 19.4 Å². The maximum absolute atomic E-state index is 11.6. The van der Waals surface area contributed by atoms with Gasteiger partial charge in [-0.05, 0) is 54.5 Å². The number of carbonyl (C=O) groups excluding carboxylic acids is 1. The maximum Gasteiger partial charge on any atom is 0.223 e. The van der Waals surface area contributed by atoms with E-state index in [1.165, 1.54) is 6.92 Å². The zero-order valence-corrected chi connectivity index (χ0v) is 17.0. The first-order valence-electron chi connectivity index (χ1n) is 8.79. The van der Waals surface area contributed by atoms with Gasteiger partial charge in [-0.3, -0.25) is 14.5 Å². The summed E-state index contributed by atoms with van der Waals surface area (Å²) < 4.78 is 7.67. The molecule has 1 heterocycles. The molecule has 0 saturated heterocycles. The lowest BCUT2D eigenvalue weighted by Crippen LogP contribution is -2.22. The molecule has 0 radical (unpaired) electrons. The Morgan fingerprint density at radius 2 is 2.00 bits per heavy atom. The molecule has 0 aliphatic heterocycles. The predicted molar refractivity (Wildman–Crippen MR) is 111 cm³/mol. The van der Waals surface area contributed by atoms with E-state index in [4.69, 9.17) is 17.0 Å². The number of nitrogens with zero attached hydrogens (tertiary/aromatic N) is 3. The second-order valence-corrected chi connectivity index (χ2v) is 6.70. The topological polar surface area (TPSA) is 83.4 Å². The van der Waals surface area contributed by atoms with Gasteiger partial charge in [-0.1, -0.05) is 6.92 Å². The lowest BCUT2D eigenvalue weighted by atomic mass is 10.1. The van der Waals surface area contributed by atoms with Crippen molar-refractivity contribution in [1.82, 2.24) is 14.8 Å². The summed E-state index contributed by atoms with van der Waals surface area (Å²) in [6.07, 6.45) is 0.667. The first-order valence-corrected chi connectivity index (χ1v) is 9.20. The minimum absolute atomic E-state index is 0.0470. The number of ether oxygens (including phenoxy) is 1. The van der Waals surface area contributed by atoms with E-state index in [9.17, 15) is 9.90 Å². The second kappa shape index (κ2) is 7.85. The fourth-order valence-electron chi connectivity index (χ4n) is 2.97. The Bertz CT molecular complexity index is 1070. The molecule has 2 N–H and O–H groups in total. The van der Waals surface area contributed by atoms with Crippen molar-refractivity contribution < 1.29 is 14.6 Å². The lowest BCUT2D eigenvalue weighted by Gasteiger charge is -2.16. The Labute approximate surface area is 168 Å². The van der Waals surface area contributed by atoms with Gasteiger partial charge in [0, 0.05) is 25.7 Å². The Kier molecular flexibility index (Phi) is 5.51. The number of hydrogen-bond acceptors (Lipinski definition) is 5. The van der Waals surface area contributed by atoms with Crippen LogP contribution in [0.2, 0.25) is 0 Å². The van der Waals surface area contributed by atoms with Crippen LogP contribution in [0.5, 0.6) is 11.5 Å². The third kappa shape index (κ3) is 3.50. The largest absolute Gasteiger partial charge is 0.508 e. The van der Waals surface area contributed by atoms with Crippen molar-refractivity contribution in [3.8, 4) is 28.6 Å². The van der Waals surface area contributed by atoms with Crippen LogP contribution in [0.15, 0.2) is 36.4 Å². The first-order chi connectivity index (χ1) is 13.4. The number of methoxy groups -OCH3 is 1. The molecule has 0 atom stereocenters. The van der Waals surface area contributed by atoms with Crippen molar-refractivity contribution in [2.45, 2.75) is 20.3 Å². The summed E-state index contributed by atoms with van der Waals surface area (Å²) >= 11 is 5.44. The zero-order chi connectivity index (χ0) is 20.4. The number of carbonyl (C=O) groups is 1. The Morgan fingerprint density at radius 1 is 1.32 bits per heavy atom. The van der Waals surface area contributed by atoms with E-state index in [2.05, 4.69) is 10.2 Å². The molecule has 3 aromatic rings. The molecule has 3 rings (SSSR count). The summed E-state index contributed by atoms with van der Waals surface area (Å²) in [6.45, 7) is 3.48. The smallest absolute Gasteiger partial charge is 0.223 e. The van der Waals surface area contributed by atoms with Crippen molar-refractivity contribution in [2.75, 3.05) is 19.1 Å². The van der Waals surface area contributed by atoms with Crippen LogP contribution in [0.4, 0.5) is 5.69 Å². The average molecular weight is 398 g/mol. The molecule has 7 nitrogen and oxygen atoms in total. The molecule has 28 heavy (non-hydrogen) atoms. The number of amides is 1. The van der Waals surface area contributed by atoms with E-state index in [1.807, 2.05) is 37.3 Å². The number of aromatic nitrogens is 3. The Balaban J connectivity index is 2.14. The number of aromatic amines is 1. The fraction of sp³-hybridized carbons (Fsp3) is 0.250. The molecule has 0 aliphatic rings. The second-order valence-electron chi connectivity index (χ2n) is 6.32. The quantitative estimate of drug-likeness (QED) is 0.638. The van der Waals surface area contributed by atoms with Crippen molar-refractivity contribution in [1.29, 1.82) is 0 Å². The van der Waals surface area contributed by atoms with Gasteiger partial charge in [-0.25, -0.2) is 0 Å². The predicted octanol–water partition coefficient (Wildman–Crippen LogP) is 3.86. The molecule has 8 heteroatoms. The summed E-state index contributed by atoms with van der Waals surface area (Å²) in [4.78, 5) is 13.1. The van der Waals surface area contributed by atoms with E-state index >= 15 is 0 Å². The minimum atomic E-state index is -0.0470. The van der Waals surface area contributed by atoms with Crippen molar-refractivity contribution in [3.63, 3.8) is 0 Å². The molecule has 1 aromatic heterocycles. The van der Waals surface area contributed by atoms with Crippen molar-refractivity contribution in [2.24, 2.45) is 0 Å². The van der Waals surface area contributed by atoms with Gasteiger partial charge >= 0.3 is 0 Å². The first kappa shape index (κ1) is 19.6. The molecule has 2 aromatic carbocycles. The summed E-state index contributed by atoms with van der Waals surface area (Å²) in [5.41, 5.74) is 3.08. The molecule has 146 valence electrons. The number of H-pyrrole nitrogens is 1. The van der Waals surface area contributed by atoms with Crippen molar-refractivity contribution in [3.05, 3.63) is 46.7 Å². The summed E-state index contributed by atoms with van der Waals surface area (Å²) in [7, 11) is 3.27. The number of benzene rings is 2. The monoisotopic (exact) mass is 398 g/mol. The highest BCUT2D eigenvalue weighted by atomic mass is 32.1. The maximum atomic E-state index is 11.6. The highest BCUT2D eigenvalue weighted by Crippen LogP contribution is 2.36. The number of rotatable bonds is 5. The minimum Gasteiger partial charge on any atom is -0.508 e. The van der Waals surface area contributed by atoms with E-state index < -0.39 is 0 Å². The van der Waals surface area contributed by atoms with Gasteiger partial charge in [0.1, 0.15) is 11.5 Å². The number of nitrogens with one attached hydrogen (secondary N) is 1. The number of phenolic OH excluding ortho intramolecular Hbond substituents is 1. The van der Waals surface area contributed by atoms with Gasteiger partial charge in [0.05, 0.1) is 18.4 Å². The normalized spacial score (nSPS) is 10.7. The molecule has 0 saturated carbocycles. The van der Waals surface area contributed by atoms with Gasteiger partial charge in [-0.2, -0.15) is 5.10 Å². The van der Waals surface area contributed by atoms with Crippen LogP contribution in [0.25, 0.3) is 17.1 Å².